The second kappa shape index (κ2) is 14.0. The molecule has 12 N–H and O–H groups in total. The Labute approximate surface area is 178 Å². The molecule has 0 radical (unpaired) electrons. The Bertz CT molecular complexity index is 670. The van der Waals surface area contributed by atoms with E-state index in [1.165, 1.54) is 0 Å². The van der Waals surface area contributed by atoms with E-state index >= 15 is 0 Å². The van der Waals surface area contributed by atoms with Crippen LogP contribution in [0.25, 0.3) is 0 Å². The summed E-state index contributed by atoms with van der Waals surface area (Å²) in [6.45, 7) is -0.354. The lowest BCUT2D eigenvalue weighted by Crippen LogP contribution is -2.54. The Morgan fingerprint density at radius 1 is 1.00 bits per heavy atom. The maximum Gasteiger partial charge on any atom is 0.327 e. The normalized spacial score (nSPS) is 13.3. The Hall–Kier alpha value is -3.07. The van der Waals surface area contributed by atoms with Crippen LogP contribution in [-0.4, -0.2) is 77.6 Å². The van der Waals surface area contributed by atoms with Gasteiger partial charge in [0.15, 0.2) is 5.96 Å². The van der Waals surface area contributed by atoms with Crippen molar-refractivity contribution in [1.29, 1.82) is 0 Å². The van der Waals surface area contributed by atoms with Crippen LogP contribution in [0.15, 0.2) is 4.99 Å². The highest BCUT2D eigenvalue weighted by Crippen LogP contribution is 2.01. The number of primary amides is 1. The number of thiol groups is 1. The monoisotopic (exact) mass is 448 g/mol. The number of nitrogens with zero attached hydrogens (tertiary/aromatic N) is 1. The molecule has 0 aromatic heterocycles. The molecule has 0 saturated carbocycles. The molecule has 0 aliphatic heterocycles. The van der Waals surface area contributed by atoms with Gasteiger partial charge in [-0.05, 0) is 12.8 Å². The summed E-state index contributed by atoms with van der Waals surface area (Å²) in [6.07, 6.45) is -0.0172. The molecule has 170 valence electrons. The second-order valence-electron chi connectivity index (χ2n) is 6.15. The molecule has 0 aliphatic carbocycles. The van der Waals surface area contributed by atoms with Gasteiger partial charge in [0.1, 0.15) is 12.1 Å². The lowest BCUT2D eigenvalue weighted by molar-refractivity contribution is -0.141. The van der Waals surface area contributed by atoms with E-state index in [1.54, 1.807) is 0 Å². The second-order valence-corrected chi connectivity index (χ2v) is 6.51. The number of nitrogens with one attached hydrogen (secondary N) is 3. The standard InChI is InChI=1S/C15H28N8O6S/c16-7(4-10(17)24)12(26)21-5-11(25)22-8(2-1-3-20-15(18)19)13(27)23-9(6-30)14(28)29/h7-9,30H,1-6,16H2,(H2,17,24)(H,21,26)(H,22,25)(H,23,27)(H,28,29)(H4,18,19,20)/t7?,8-,9?/m0/s1. The van der Waals surface area contributed by atoms with Crippen molar-refractivity contribution in [2.24, 2.45) is 27.9 Å². The molecule has 30 heavy (non-hydrogen) atoms. The predicted octanol–water partition coefficient (Wildman–Crippen LogP) is -4.66. The fourth-order valence-corrected chi connectivity index (χ4v) is 2.33. The Morgan fingerprint density at radius 3 is 2.13 bits per heavy atom. The topological polar surface area (TPSA) is 258 Å². The van der Waals surface area contributed by atoms with Crippen LogP contribution in [0.5, 0.6) is 0 Å². The number of hydrogen-bond acceptors (Lipinski definition) is 8. The van der Waals surface area contributed by atoms with Gasteiger partial charge in [-0.15, -0.1) is 0 Å². The van der Waals surface area contributed by atoms with Gasteiger partial charge in [0.05, 0.1) is 19.0 Å². The van der Waals surface area contributed by atoms with E-state index < -0.39 is 60.7 Å². The molecule has 0 rings (SSSR count). The van der Waals surface area contributed by atoms with Gasteiger partial charge in [0, 0.05) is 12.3 Å². The molecule has 0 saturated heterocycles. The third kappa shape index (κ3) is 11.7. The van der Waals surface area contributed by atoms with Crippen molar-refractivity contribution >= 4 is 48.2 Å². The molecular weight excluding hydrogens is 420 g/mol. The maximum atomic E-state index is 12.4. The summed E-state index contributed by atoms with van der Waals surface area (Å²) >= 11 is 3.85. The number of aliphatic imine (C=N–C) groups is 1. The number of guanidine groups is 1. The van der Waals surface area contributed by atoms with Gasteiger partial charge >= 0.3 is 5.97 Å². The first-order valence-corrected chi connectivity index (χ1v) is 9.41. The minimum atomic E-state index is -1.29. The van der Waals surface area contributed by atoms with E-state index in [-0.39, 0.29) is 24.7 Å². The summed E-state index contributed by atoms with van der Waals surface area (Å²) in [5.41, 5.74) is 20.8. The zero-order valence-corrected chi connectivity index (χ0v) is 17.1. The van der Waals surface area contributed by atoms with Crippen LogP contribution in [0.3, 0.4) is 0 Å². The number of amides is 4. The highest BCUT2D eigenvalue weighted by atomic mass is 32.1. The smallest absolute Gasteiger partial charge is 0.327 e. The molecule has 0 heterocycles. The van der Waals surface area contributed by atoms with Crippen molar-refractivity contribution in [2.45, 2.75) is 37.4 Å². The van der Waals surface area contributed by atoms with Crippen molar-refractivity contribution in [3.8, 4) is 0 Å². The molecule has 0 aromatic carbocycles. The molecule has 0 spiro atoms. The van der Waals surface area contributed by atoms with Crippen LogP contribution < -0.4 is 38.9 Å². The summed E-state index contributed by atoms with van der Waals surface area (Å²) in [6, 6.07) is -3.60. The Kier molecular flexibility index (Phi) is 12.6. The quantitative estimate of drug-likeness (QED) is 0.0534. The summed E-state index contributed by atoms with van der Waals surface area (Å²) in [4.78, 5) is 61.8. The minimum absolute atomic E-state index is 0.0857. The fourth-order valence-electron chi connectivity index (χ4n) is 2.08. The molecule has 0 fully saturated rings. The van der Waals surface area contributed by atoms with Crippen LogP contribution in [0, 0.1) is 0 Å². The number of rotatable bonds is 14. The lowest BCUT2D eigenvalue weighted by atomic mass is 10.1. The number of carbonyl (C=O) groups is 5. The van der Waals surface area contributed by atoms with Crippen LogP contribution in [0.2, 0.25) is 0 Å². The molecule has 14 nitrogen and oxygen atoms in total. The molecule has 4 amide bonds. The van der Waals surface area contributed by atoms with Crippen molar-refractivity contribution in [2.75, 3.05) is 18.8 Å². The van der Waals surface area contributed by atoms with Gasteiger partial charge in [-0.3, -0.25) is 24.2 Å². The predicted molar refractivity (Wildman–Crippen MR) is 110 cm³/mol. The third-order valence-electron chi connectivity index (χ3n) is 3.58. The van der Waals surface area contributed by atoms with E-state index in [0.717, 1.165) is 0 Å². The molecule has 3 atom stereocenters. The van der Waals surface area contributed by atoms with Crippen molar-refractivity contribution in [1.82, 2.24) is 16.0 Å². The van der Waals surface area contributed by atoms with Gasteiger partial charge in [-0.2, -0.15) is 12.6 Å². The van der Waals surface area contributed by atoms with E-state index in [4.69, 9.17) is 28.0 Å². The number of hydrogen-bond donors (Lipinski definition) is 9. The number of aliphatic carboxylic acids is 1. The molecular formula is C15H28N8O6S. The SMILES string of the molecule is NC(=O)CC(N)C(=O)NCC(=O)N[C@@H](CCCN=C(N)N)C(=O)NC(CS)C(=O)O. The average molecular weight is 449 g/mol. The number of nitrogens with two attached hydrogens (primary N) is 4. The largest absolute Gasteiger partial charge is 0.480 e. The molecule has 2 unspecified atom stereocenters. The number of carbonyl (C=O) groups excluding carboxylic acids is 4. The van der Waals surface area contributed by atoms with Crippen LogP contribution >= 0.6 is 12.6 Å². The van der Waals surface area contributed by atoms with Crippen LogP contribution in [0.4, 0.5) is 0 Å². The van der Waals surface area contributed by atoms with Crippen LogP contribution in [0.1, 0.15) is 19.3 Å². The highest BCUT2D eigenvalue weighted by molar-refractivity contribution is 7.80. The summed E-state index contributed by atoms with van der Waals surface area (Å²) in [5.74, 6) is -4.66. The fraction of sp³-hybridized carbons (Fsp3) is 0.600. The van der Waals surface area contributed by atoms with Gasteiger partial charge in [-0.1, -0.05) is 0 Å². The van der Waals surface area contributed by atoms with Crippen LogP contribution in [-0.2, 0) is 24.0 Å². The number of carboxylic acid groups (broad SMARTS) is 1. The van der Waals surface area contributed by atoms with Gasteiger partial charge < -0.3 is 44.0 Å². The lowest BCUT2D eigenvalue weighted by Gasteiger charge is -2.21. The van der Waals surface area contributed by atoms with Crippen molar-refractivity contribution in [3.05, 3.63) is 0 Å². The Balaban J connectivity index is 4.91. The maximum absolute atomic E-state index is 12.4. The van der Waals surface area contributed by atoms with E-state index in [0.29, 0.717) is 6.42 Å². The van der Waals surface area contributed by atoms with Crippen molar-refractivity contribution < 1.29 is 29.1 Å². The molecule has 0 aromatic rings. The van der Waals surface area contributed by atoms with Crippen molar-refractivity contribution in [3.63, 3.8) is 0 Å². The van der Waals surface area contributed by atoms with E-state index in [1.807, 2.05) is 0 Å². The molecule has 0 bridgehead atoms. The first kappa shape index (κ1) is 26.9. The third-order valence-corrected chi connectivity index (χ3v) is 3.94. The zero-order valence-electron chi connectivity index (χ0n) is 16.2. The van der Waals surface area contributed by atoms with Gasteiger partial charge in [-0.25, -0.2) is 4.79 Å². The summed E-state index contributed by atoms with van der Waals surface area (Å²) in [7, 11) is 0. The first-order chi connectivity index (χ1) is 14.0. The average Bonchev–Trinajstić information content (AvgIpc) is 2.65. The molecule has 15 heteroatoms. The molecule has 0 aliphatic rings. The summed E-state index contributed by atoms with van der Waals surface area (Å²) < 4.78 is 0. The van der Waals surface area contributed by atoms with Gasteiger partial charge in [0.25, 0.3) is 0 Å². The van der Waals surface area contributed by atoms with E-state index in [2.05, 4.69) is 33.6 Å². The van der Waals surface area contributed by atoms with E-state index in [9.17, 15) is 24.0 Å². The highest BCUT2D eigenvalue weighted by Gasteiger charge is 2.26. The Morgan fingerprint density at radius 2 is 1.63 bits per heavy atom. The number of carboxylic acids is 1. The van der Waals surface area contributed by atoms with Gasteiger partial charge in [0.2, 0.25) is 23.6 Å². The minimum Gasteiger partial charge on any atom is -0.480 e. The first-order valence-electron chi connectivity index (χ1n) is 8.78. The zero-order chi connectivity index (χ0) is 23.3. The summed E-state index contributed by atoms with van der Waals surface area (Å²) in [5, 5.41) is 15.9.